The number of carboxylic acid groups (broad SMARTS) is 1. The van der Waals surface area contributed by atoms with Gasteiger partial charge in [-0.1, -0.05) is 0 Å². The highest BCUT2D eigenvalue weighted by Gasteiger charge is 2.21. The van der Waals surface area contributed by atoms with Gasteiger partial charge < -0.3 is 16.2 Å². The lowest BCUT2D eigenvalue weighted by Crippen LogP contribution is -2.41. The van der Waals surface area contributed by atoms with E-state index in [9.17, 15) is 18.8 Å². The van der Waals surface area contributed by atoms with Crippen molar-refractivity contribution in [3.63, 3.8) is 0 Å². The Morgan fingerprint density at radius 1 is 1.40 bits per heavy atom. The van der Waals surface area contributed by atoms with Crippen molar-refractivity contribution >= 4 is 33.7 Å². The van der Waals surface area contributed by atoms with Crippen LogP contribution in [0.15, 0.2) is 22.7 Å². The highest BCUT2D eigenvalue weighted by molar-refractivity contribution is 9.10. The molecule has 0 radical (unpaired) electrons. The summed E-state index contributed by atoms with van der Waals surface area (Å²) in [7, 11) is 0. The maximum Gasteiger partial charge on any atom is 0.326 e. The summed E-state index contributed by atoms with van der Waals surface area (Å²) in [5.74, 6) is -3.15. The van der Waals surface area contributed by atoms with Crippen LogP contribution in [0.5, 0.6) is 0 Å². The van der Waals surface area contributed by atoms with E-state index in [1.54, 1.807) is 0 Å². The van der Waals surface area contributed by atoms with Gasteiger partial charge in [-0.15, -0.1) is 0 Å². The Bertz CT molecular complexity index is 550. The number of halogens is 2. The smallest absolute Gasteiger partial charge is 0.326 e. The van der Waals surface area contributed by atoms with Gasteiger partial charge in [0.1, 0.15) is 11.9 Å². The van der Waals surface area contributed by atoms with Crippen molar-refractivity contribution < 1.29 is 23.9 Å². The van der Waals surface area contributed by atoms with Crippen LogP contribution in [0.3, 0.4) is 0 Å². The fraction of sp³-hybridized carbons (Fsp3) is 0.250. The summed E-state index contributed by atoms with van der Waals surface area (Å²) in [6, 6.07) is 2.30. The molecule has 1 rings (SSSR count). The van der Waals surface area contributed by atoms with Crippen LogP contribution >= 0.6 is 15.9 Å². The maximum absolute atomic E-state index is 13.0. The molecule has 0 heterocycles. The van der Waals surface area contributed by atoms with Crippen LogP contribution in [-0.4, -0.2) is 28.9 Å². The van der Waals surface area contributed by atoms with E-state index in [0.717, 1.165) is 6.07 Å². The summed E-state index contributed by atoms with van der Waals surface area (Å²) in [5, 5.41) is 11.2. The van der Waals surface area contributed by atoms with Gasteiger partial charge in [0.05, 0.1) is 4.47 Å². The number of hydrogen-bond acceptors (Lipinski definition) is 3. The Hall–Kier alpha value is -1.96. The molecule has 0 aliphatic rings. The Morgan fingerprint density at radius 3 is 2.55 bits per heavy atom. The fourth-order valence-corrected chi connectivity index (χ4v) is 1.80. The van der Waals surface area contributed by atoms with Gasteiger partial charge in [-0.2, -0.15) is 0 Å². The molecule has 0 spiro atoms. The van der Waals surface area contributed by atoms with E-state index in [1.807, 2.05) is 0 Å². The van der Waals surface area contributed by atoms with Crippen LogP contribution in [0.2, 0.25) is 0 Å². The Morgan fingerprint density at radius 2 is 2.05 bits per heavy atom. The van der Waals surface area contributed by atoms with E-state index in [4.69, 9.17) is 10.8 Å². The molecule has 0 aromatic heterocycles. The first kappa shape index (κ1) is 16.1. The van der Waals surface area contributed by atoms with Gasteiger partial charge in [-0.05, 0) is 40.5 Å². The SMILES string of the molecule is NC(=O)CCC(NC(=O)c1ccc(F)c(Br)c1)C(=O)O. The predicted octanol–water partition coefficient (Wildman–Crippen LogP) is 1.04. The van der Waals surface area contributed by atoms with Crippen molar-refractivity contribution in [1.82, 2.24) is 5.32 Å². The van der Waals surface area contributed by atoms with Crippen LogP contribution < -0.4 is 11.1 Å². The second-order valence-electron chi connectivity index (χ2n) is 4.00. The van der Waals surface area contributed by atoms with Crippen LogP contribution in [-0.2, 0) is 9.59 Å². The number of amides is 2. The first-order valence-electron chi connectivity index (χ1n) is 5.58. The molecule has 1 unspecified atom stereocenters. The summed E-state index contributed by atoms with van der Waals surface area (Å²) in [6.07, 6.45) is -0.275. The monoisotopic (exact) mass is 346 g/mol. The standard InChI is InChI=1S/C12H12BrFN2O4/c13-7-5-6(1-2-8(7)14)11(18)16-9(12(19)20)3-4-10(15)17/h1-2,5,9H,3-4H2,(H2,15,17)(H,16,18)(H,19,20). The highest BCUT2D eigenvalue weighted by atomic mass is 79.9. The third-order valence-electron chi connectivity index (χ3n) is 2.46. The summed E-state index contributed by atoms with van der Waals surface area (Å²) in [5.41, 5.74) is 5.03. The number of aliphatic carboxylic acids is 1. The van der Waals surface area contributed by atoms with Crippen molar-refractivity contribution in [1.29, 1.82) is 0 Å². The minimum Gasteiger partial charge on any atom is -0.480 e. The Labute approximate surface area is 122 Å². The summed E-state index contributed by atoms with van der Waals surface area (Å²) < 4.78 is 13.1. The van der Waals surface area contributed by atoms with Gasteiger partial charge in [0, 0.05) is 12.0 Å². The molecule has 0 bridgehead atoms. The van der Waals surface area contributed by atoms with E-state index >= 15 is 0 Å². The summed E-state index contributed by atoms with van der Waals surface area (Å²) in [6.45, 7) is 0. The van der Waals surface area contributed by atoms with Crippen LogP contribution in [0.25, 0.3) is 0 Å². The number of hydrogen-bond donors (Lipinski definition) is 3. The number of primary amides is 1. The van der Waals surface area contributed by atoms with Gasteiger partial charge in [-0.25, -0.2) is 9.18 Å². The van der Waals surface area contributed by atoms with E-state index in [-0.39, 0.29) is 22.9 Å². The quantitative estimate of drug-likeness (QED) is 0.714. The lowest BCUT2D eigenvalue weighted by atomic mass is 10.1. The average Bonchev–Trinajstić information content (AvgIpc) is 2.36. The largest absolute Gasteiger partial charge is 0.480 e. The lowest BCUT2D eigenvalue weighted by Gasteiger charge is -2.13. The van der Waals surface area contributed by atoms with Crippen molar-refractivity contribution in [3.05, 3.63) is 34.1 Å². The third-order valence-corrected chi connectivity index (χ3v) is 3.07. The summed E-state index contributed by atoms with van der Waals surface area (Å²) >= 11 is 2.93. The number of carbonyl (C=O) groups is 3. The van der Waals surface area contributed by atoms with E-state index in [2.05, 4.69) is 21.2 Å². The maximum atomic E-state index is 13.0. The second-order valence-corrected chi connectivity index (χ2v) is 4.85. The number of carboxylic acids is 1. The normalized spacial score (nSPS) is 11.7. The second kappa shape index (κ2) is 6.99. The van der Waals surface area contributed by atoms with Crippen LogP contribution in [0, 0.1) is 5.82 Å². The minimum atomic E-state index is -1.28. The van der Waals surface area contributed by atoms with E-state index in [0.29, 0.717) is 0 Å². The molecule has 0 saturated carbocycles. The molecule has 1 aromatic rings. The molecule has 0 saturated heterocycles. The molecule has 108 valence electrons. The Balaban J connectivity index is 2.77. The minimum absolute atomic E-state index is 0.0918. The van der Waals surface area contributed by atoms with Crippen molar-refractivity contribution in [2.45, 2.75) is 18.9 Å². The van der Waals surface area contributed by atoms with Crippen LogP contribution in [0.1, 0.15) is 23.2 Å². The van der Waals surface area contributed by atoms with Gasteiger partial charge >= 0.3 is 5.97 Å². The zero-order chi connectivity index (χ0) is 15.3. The number of benzene rings is 1. The zero-order valence-corrected chi connectivity index (χ0v) is 11.8. The number of nitrogens with two attached hydrogens (primary N) is 1. The van der Waals surface area contributed by atoms with E-state index in [1.165, 1.54) is 12.1 Å². The first-order chi connectivity index (χ1) is 9.31. The number of nitrogens with one attached hydrogen (secondary N) is 1. The predicted molar refractivity (Wildman–Crippen MR) is 71.4 cm³/mol. The van der Waals surface area contributed by atoms with E-state index < -0.39 is 29.6 Å². The molecule has 20 heavy (non-hydrogen) atoms. The van der Waals surface area contributed by atoms with Gasteiger partial charge in [-0.3, -0.25) is 9.59 Å². The zero-order valence-electron chi connectivity index (χ0n) is 10.2. The first-order valence-corrected chi connectivity index (χ1v) is 6.37. The summed E-state index contributed by atoms with van der Waals surface area (Å²) in [4.78, 5) is 33.4. The molecule has 8 heteroatoms. The van der Waals surface area contributed by atoms with Gasteiger partial charge in [0.2, 0.25) is 5.91 Å². The fourth-order valence-electron chi connectivity index (χ4n) is 1.42. The molecule has 1 aromatic carbocycles. The number of rotatable bonds is 6. The van der Waals surface area contributed by atoms with Crippen molar-refractivity contribution in [2.24, 2.45) is 5.73 Å². The topological polar surface area (TPSA) is 109 Å². The van der Waals surface area contributed by atoms with Crippen molar-refractivity contribution in [3.8, 4) is 0 Å². The molecule has 4 N–H and O–H groups in total. The third kappa shape index (κ3) is 4.61. The molecule has 0 fully saturated rings. The van der Waals surface area contributed by atoms with Gasteiger partial charge in [0.25, 0.3) is 5.91 Å². The molecule has 0 aliphatic carbocycles. The molecule has 6 nitrogen and oxygen atoms in total. The molecule has 0 aliphatic heterocycles. The lowest BCUT2D eigenvalue weighted by molar-refractivity contribution is -0.139. The average molecular weight is 347 g/mol. The number of carbonyl (C=O) groups excluding carboxylic acids is 2. The molecular formula is C12H12BrFN2O4. The molecule has 2 amide bonds. The van der Waals surface area contributed by atoms with Crippen molar-refractivity contribution in [2.75, 3.05) is 0 Å². The molecular weight excluding hydrogens is 335 g/mol. The Kier molecular flexibility index (Phi) is 5.63. The van der Waals surface area contributed by atoms with Crippen LogP contribution in [0.4, 0.5) is 4.39 Å². The van der Waals surface area contributed by atoms with Gasteiger partial charge in [0.15, 0.2) is 0 Å². The molecule has 1 atom stereocenters. The highest BCUT2D eigenvalue weighted by Crippen LogP contribution is 2.17.